The first-order chi connectivity index (χ1) is 14.3. The Morgan fingerprint density at radius 2 is 1.87 bits per heavy atom. The number of carbonyl (C=O) groups is 2. The lowest BCUT2D eigenvalue weighted by atomic mass is 10.1. The van der Waals surface area contributed by atoms with Crippen LogP contribution in [0, 0.1) is 19.7 Å². The number of carbonyl (C=O) groups excluding carboxylic acids is 2. The fraction of sp³-hybridized carbons (Fsp3) is 0.227. The summed E-state index contributed by atoms with van der Waals surface area (Å²) >= 11 is 5.73. The van der Waals surface area contributed by atoms with Crippen LogP contribution in [0.25, 0.3) is 5.69 Å². The molecule has 1 N–H and O–H groups in total. The second-order valence-electron chi connectivity index (χ2n) is 6.76. The number of anilines is 1. The molecule has 1 aromatic heterocycles. The number of halogens is 2. The molecule has 0 bridgehead atoms. The summed E-state index contributed by atoms with van der Waals surface area (Å²) in [5.74, 6) is -1.31. The van der Waals surface area contributed by atoms with Gasteiger partial charge in [-0.1, -0.05) is 11.6 Å². The van der Waals surface area contributed by atoms with Crippen LogP contribution >= 0.6 is 11.6 Å². The van der Waals surface area contributed by atoms with Crippen LogP contribution < -0.4 is 5.32 Å². The van der Waals surface area contributed by atoms with Crippen LogP contribution in [0.15, 0.2) is 42.5 Å². The summed E-state index contributed by atoms with van der Waals surface area (Å²) in [7, 11) is 1.37. The van der Waals surface area contributed by atoms with E-state index in [1.165, 1.54) is 19.2 Å². The molecule has 1 amide bonds. The van der Waals surface area contributed by atoms with E-state index in [0.29, 0.717) is 12.0 Å². The molecule has 0 radical (unpaired) electrons. The lowest BCUT2D eigenvalue weighted by Gasteiger charge is -2.09. The van der Waals surface area contributed by atoms with Crippen molar-refractivity contribution < 1.29 is 18.7 Å². The van der Waals surface area contributed by atoms with Gasteiger partial charge >= 0.3 is 5.97 Å². The molecule has 0 saturated carbocycles. The number of aryl methyl sites for hydroxylation is 1. The molecule has 0 fully saturated rings. The van der Waals surface area contributed by atoms with Gasteiger partial charge < -0.3 is 10.1 Å². The van der Waals surface area contributed by atoms with Crippen molar-refractivity contribution in [3.05, 3.63) is 75.8 Å². The maximum Gasteiger partial charge on any atom is 0.305 e. The highest BCUT2D eigenvalue weighted by Crippen LogP contribution is 2.22. The van der Waals surface area contributed by atoms with Gasteiger partial charge in [0.25, 0.3) is 5.91 Å². The average molecular weight is 430 g/mol. The number of esters is 1. The highest BCUT2D eigenvalue weighted by molar-refractivity contribution is 6.30. The maximum atomic E-state index is 13.9. The van der Waals surface area contributed by atoms with E-state index < -0.39 is 11.7 Å². The van der Waals surface area contributed by atoms with Crippen molar-refractivity contribution in [2.45, 2.75) is 26.7 Å². The Kier molecular flexibility index (Phi) is 6.52. The third-order valence-corrected chi connectivity index (χ3v) is 5.04. The Bertz CT molecular complexity index is 1090. The molecule has 6 nitrogen and oxygen atoms in total. The number of rotatable bonds is 6. The minimum atomic E-state index is -0.602. The molecule has 0 spiro atoms. The minimum Gasteiger partial charge on any atom is -0.469 e. The molecular weight excluding hydrogens is 409 g/mol. The van der Waals surface area contributed by atoms with Gasteiger partial charge in [0.15, 0.2) is 0 Å². The van der Waals surface area contributed by atoms with Gasteiger partial charge in [-0.25, -0.2) is 9.07 Å². The molecule has 3 rings (SSSR count). The predicted molar refractivity (Wildman–Crippen MR) is 113 cm³/mol. The van der Waals surface area contributed by atoms with Crippen molar-refractivity contribution in [2.24, 2.45) is 0 Å². The van der Waals surface area contributed by atoms with Gasteiger partial charge in [0, 0.05) is 22.7 Å². The second-order valence-corrected chi connectivity index (χ2v) is 7.20. The first-order valence-corrected chi connectivity index (χ1v) is 9.66. The number of hydrogen-bond acceptors (Lipinski definition) is 4. The summed E-state index contributed by atoms with van der Waals surface area (Å²) in [5.41, 5.74) is 3.94. The summed E-state index contributed by atoms with van der Waals surface area (Å²) in [4.78, 5) is 23.9. The topological polar surface area (TPSA) is 73.2 Å². The van der Waals surface area contributed by atoms with Crippen LogP contribution in [0.5, 0.6) is 0 Å². The summed E-state index contributed by atoms with van der Waals surface area (Å²) < 4.78 is 20.4. The highest BCUT2D eigenvalue weighted by Gasteiger charge is 2.15. The van der Waals surface area contributed by atoms with Crippen molar-refractivity contribution in [3.8, 4) is 5.69 Å². The summed E-state index contributed by atoms with van der Waals surface area (Å²) in [6, 6.07) is 10.9. The number of methoxy groups -OCH3 is 1. The minimum absolute atomic E-state index is 0.0577. The van der Waals surface area contributed by atoms with Gasteiger partial charge in [0.05, 0.1) is 24.2 Å². The van der Waals surface area contributed by atoms with Crippen molar-refractivity contribution in [1.29, 1.82) is 0 Å². The number of nitrogens with zero attached hydrogens (tertiary/aromatic N) is 2. The first kappa shape index (κ1) is 21.5. The lowest BCUT2D eigenvalue weighted by Crippen LogP contribution is -2.13. The zero-order chi connectivity index (χ0) is 21.8. The fourth-order valence-corrected chi connectivity index (χ4v) is 3.32. The number of benzene rings is 2. The van der Waals surface area contributed by atoms with Crippen LogP contribution in [0.3, 0.4) is 0 Å². The zero-order valence-electron chi connectivity index (χ0n) is 16.8. The highest BCUT2D eigenvalue weighted by atomic mass is 35.5. The Hall–Kier alpha value is -3.19. The van der Waals surface area contributed by atoms with Crippen LogP contribution in [0.1, 0.15) is 33.7 Å². The molecule has 30 heavy (non-hydrogen) atoms. The molecule has 0 unspecified atom stereocenters. The SMILES string of the molecule is COC(=O)CCc1c(C)nn(-c2ccc(C(=O)Nc3ccc(Cl)cc3F)cc2)c1C. The zero-order valence-corrected chi connectivity index (χ0v) is 17.6. The summed E-state index contributed by atoms with van der Waals surface area (Å²) in [6.07, 6.45) is 0.821. The third kappa shape index (κ3) is 4.68. The standard InChI is InChI=1S/C22H21ClFN3O3/c1-13-18(9-11-21(28)30-3)14(2)27(26-13)17-7-4-15(5-8-17)22(29)25-20-10-6-16(23)12-19(20)24/h4-8,10,12H,9,11H2,1-3H3,(H,25,29). The fourth-order valence-electron chi connectivity index (χ4n) is 3.16. The molecule has 0 atom stereocenters. The van der Waals surface area contributed by atoms with Gasteiger partial charge in [-0.05, 0) is 68.3 Å². The van der Waals surface area contributed by atoms with E-state index >= 15 is 0 Å². The van der Waals surface area contributed by atoms with Crippen molar-refractivity contribution >= 4 is 29.2 Å². The van der Waals surface area contributed by atoms with Crippen LogP contribution in [0.2, 0.25) is 5.02 Å². The van der Waals surface area contributed by atoms with Gasteiger partial charge in [0.2, 0.25) is 0 Å². The Labute approximate surface area is 178 Å². The monoisotopic (exact) mass is 429 g/mol. The number of nitrogens with one attached hydrogen (secondary N) is 1. The molecule has 2 aromatic carbocycles. The van der Waals surface area contributed by atoms with Crippen LogP contribution in [0.4, 0.5) is 10.1 Å². The normalized spacial score (nSPS) is 10.7. The van der Waals surface area contributed by atoms with Gasteiger partial charge in [-0.15, -0.1) is 0 Å². The maximum absolute atomic E-state index is 13.9. The molecule has 0 aliphatic heterocycles. The van der Waals surface area contributed by atoms with Gasteiger partial charge in [-0.2, -0.15) is 5.10 Å². The summed E-state index contributed by atoms with van der Waals surface area (Å²) in [6.45, 7) is 3.81. The number of hydrogen-bond donors (Lipinski definition) is 1. The van der Waals surface area contributed by atoms with Crippen LogP contribution in [-0.4, -0.2) is 28.8 Å². The van der Waals surface area contributed by atoms with E-state index in [9.17, 15) is 14.0 Å². The molecule has 1 heterocycles. The van der Waals surface area contributed by atoms with Crippen molar-refractivity contribution in [3.63, 3.8) is 0 Å². The predicted octanol–water partition coefficient (Wildman–Crippen LogP) is 4.64. The van der Waals surface area contributed by atoms with Gasteiger partial charge in [0.1, 0.15) is 5.82 Å². The van der Waals surface area contributed by atoms with Gasteiger partial charge in [-0.3, -0.25) is 9.59 Å². The lowest BCUT2D eigenvalue weighted by molar-refractivity contribution is -0.140. The van der Waals surface area contributed by atoms with E-state index in [1.54, 1.807) is 28.9 Å². The number of aromatic nitrogens is 2. The molecular formula is C22H21ClFN3O3. The Morgan fingerprint density at radius 1 is 1.17 bits per heavy atom. The molecule has 8 heteroatoms. The number of amides is 1. The third-order valence-electron chi connectivity index (χ3n) is 4.80. The average Bonchev–Trinajstić information content (AvgIpc) is 3.01. The molecule has 0 aliphatic rings. The Morgan fingerprint density at radius 3 is 2.50 bits per heavy atom. The van der Waals surface area contributed by atoms with Crippen molar-refractivity contribution in [2.75, 3.05) is 12.4 Å². The van der Waals surface area contributed by atoms with Crippen LogP contribution in [-0.2, 0) is 16.0 Å². The van der Waals surface area contributed by atoms with E-state index in [1.807, 2.05) is 13.8 Å². The van der Waals surface area contributed by atoms with E-state index in [0.717, 1.165) is 28.7 Å². The van der Waals surface area contributed by atoms with Crippen molar-refractivity contribution in [1.82, 2.24) is 9.78 Å². The molecule has 0 aliphatic carbocycles. The largest absolute Gasteiger partial charge is 0.469 e. The molecule has 156 valence electrons. The number of ether oxygens (including phenoxy) is 1. The van der Waals surface area contributed by atoms with E-state index in [4.69, 9.17) is 16.3 Å². The molecule has 3 aromatic rings. The first-order valence-electron chi connectivity index (χ1n) is 9.29. The smallest absolute Gasteiger partial charge is 0.305 e. The Balaban J connectivity index is 1.77. The van der Waals surface area contributed by atoms with E-state index in [-0.39, 0.29) is 23.1 Å². The second kappa shape index (κ2) is 9.09. The summed E-state index contributed by atoms with van der Waals surface area (Å²) in [5, 5.41) is 7.34. The quantitative estimate of drug-likeness (QED) is 0.579. The van der Waals surface area contributed by atoms with E-state index in [2.05, 4.69) is 10.4 Å². The molecule has 0 saturated heterocycles.